The predicted molar refractivity (Wildman–Crippen MR) is 85.0 cm³/mol. The van der Waals surface area contributed by atoms with Crippen LogP contribution in [0.25, 0.3) is 0 Å². The number of nitrogens with one attached hydrogen (secondary N) is 1. The zero-order valence-electron chi connectivity index (χ0n) is 12.2. The van der Waals surface area contributed by atoms with Crippen LogP contribution in [-0.4, -0.2) is 22.6 Å². The summed E-state index contributed by atoms with van der Waals surface area (Å²) in [5.74, 6) is 1.13. The molecule has 0 aliphatic rings. The van der Waals surface area contributed by atoms with E-state index in [9.17, 15) is 8.42 Å². The molecule has 0 aliphatic carbocycles. The SMILES string of the molecule is COc1ccc(CNS(=O)(=O)c2cccc(Cl)c2)cc1OC. The molecule has 22 heavy (non-hydrogen) atoms. The van der Waals surface area contributed by atoms with Crippen LogP contribution in [0.4, 0.5) is 0 Å². The van der Waals surface area contributed by atoms with Crippen LogP contribution in [0, 0.1) is 0 Å². The van der Waals surface area contributed by atoms with E-state index in [1.807, 2.05) is 0 Å². The molecule has 0 atom stereocenters. The molecule has 2 rings (SSSR count). The highest BCUT2D eigenvalue weighted by Gasteiger charge is 2.14. The fraction of sp³-hybridized carbons (Fsp3) is 0.200. The fourth-order valence-corrected chi connectivity index (χ4v) is 3.20. The van der Waals surface area contributed by atoms with Crippen molar-refractivity contribution in [2.24, 2.45) is 0 Å². The Kier molecular flexibility index (Phi) is 5.28. The van der Waals surface area contributed by atoms with Gasteiger partial charge in [-0.15, -0.1) is 0 Å². The molecule has 0 spiro atoms. The van der Waals surface area contributed by atoms with Crippen LogP contribution in [0.1, 0.15) is 5.56 Å². The molecule has 0 heterocycles. The summed E-state index contributed by atoms with van der Waals surface area (Å²) < 4.78 is 37.3. The van der Waals surface area contributed by atoms with Gasteiger partial charge < -0.3 is 9.47 Å². The third kappa shape index (κ3) is 3.91. The van der Waals surface area contributed by atoms with Gasteiger partial charge in [-0.25, -0.2) is 13.1 Å². The zero-order chi connectivity index (χ0) is 16.2. The number of hydrogen-bond donors (Lipinski definition) is 1. The third-order valence-corrected chi connectivity index (χ3v) is 4.65. The second-order valence-electron chi connectivity index (χ2n) is 4.47. The van der Waals surface area contributed by atoms with E-state index in [-0.39, 0.29) is 11.4 Å². The van der Waals surface area contributed by atoms with Crippen LogP contribution in [0.5, 0.6) is 11.5 Å². The molecule has 0 aromatic heterocycles. The maximum atomic E-state index is 12.2. The lowest BCUT2D eigenvalue weighted by Gasteiger charge is -2.11. The molecule has 0 amide bonds. The molecule has 2 aromatic rings. The molecule has 5 nitrogen and oxygen atoms in total. The number of benzene rings is 2. The maximum absolute atomic E-state index is 12.2. The van der Waals surface area contributed by atoms with E-state index in [1.165, 1.54) is 19.2 Å². The minimum Gasteiger partial charge on any atom is -0.493 e. The summed E-state index contributed by atoms with van der Waals surface area (Å²) in [6, 6.07) is 11.3. The summed E-state index contributed by atoms with van der Waals surface area (Å²) in [5, 5.41) is 0.369. The highest BCUT2D eigenvalue weighted by molar-refractivity contribution is 7.89. The summed E-state index contributed by atoms with van der Waals surface area (Å²) in [6.45, 7) is 0.134. The first-order valence-electron chi connectivity index (χ1n) is 6.42. The minimum absolute atomic E-state index is 0.125. The highest BCUT2D eigenvalue weighted by atomic mass is 35.5. The van der Waals surface area contributed by atoms with Crippen molar-refractivity contribution >= 4 is 21.6 Å². The Morgan fingerprint density at radius 2 is 1.77 bits per heavy atom. The molecule has 7 heteroatoms. The van der Waals surface area contributed by atoms with Gasteiger partial charge in [-0.3, -0.25) is 0 Å². The van der Waals surface area contributed by atoms with Gasteiger partial charge in [0.1, 0.15) is 0 Å². The average Bonchev–Trinajstić information content (AvgIpc) is 2.52. The van der Waals surface area contributed by atoms with Crippen molar-refractivity contribution < 1.29 is 17.9 Å². The Morgan fingerprint density at radius 3 is 2.41 bits per heavy atom. The van der Waals surface area contributed by atoms with Crippen LogP contribution in [0.15, 0.2) is 47.4 Å². The Bertz CT molecular complexity index is 762. The average molecular weight is 342 g/mol. The smallest absolute Gasteiger partial charge is 0.240 e. The number of methoxy groups -OCH3 is 2. The second-order valence-corrected chi connectivity index (χ2v) is 6.67. The molecular weight excluding hydrogens is 326 g/mol. The molecule has 0 saturated heterocycles. The van der Waals surface area contributed by atoms with Crippen LogP contribution in [0.3, 0.4) is 0 Å². The van der Waals surface area contributed by atoms with Gasteiger partial charge >= 0.3 is 0 Å². The molecule has 0 aliphatic heterocycles. The topological polar surface area (TPSA) is 64.6 Å². The first kappa shape index (κ1) is 16.6. The molecule has 2 aromatic carbocycles. The van der Waals surface area contributed by atoms with Crippen molar-refractivity contribution in [2.75, 3.05) is 14.2 Å². The second kappa shape index (κ2) is 7.00. The van der Waals surface area contributed by atoms with E-state index < -0.39 is 10.0 Å². The van der Waals surface area contributed by atoms with Crippen LogP contribution in [-0.2, 0) is 16.6 Å². The van der Waals surface area contributed by atoms with Crippen molar-refractivity contribution in [1.29, 1.82) is 0 Å². The van der Waals surface area contributed by atoms with Gasteiger partial charge in [0, 0.05) is 11.6 Å². The van der Waals surface area contributed by atoms with Gasteiger partial charge in [-0.05, 0) is 35.9 Å². The van der Waals surface area contributed by atoms with Gasteiger partial charge in [0.25, 0.3) is 0 Å². The van der Waals surface area contributed by atoms with Crippen molar-refractivity contribution in [3.05, 3.63) is 53.1 Å². The molecule has 0 unspecified atom stereocenters. The number of halogens is 1. The summed E-state index contributed by atoms with van der Waals surface area (Å²) in [5.41, 5.74) is 0.753. The highest BCUT2D eigenvalue weighted by Crippen LogP contribution is 2.27. The number of rotatable bonds is 6. The van der Waals surface area contributed by atoms with E-state index >= 15 is 0 Å². The van der Waals surface area contributed by atoms with Crippen LogP contribution < -0.4 is 14.2 Å². The Balaban J connectivity index is 2.15. The third-order valence-electron chi connectivity index (χ3n) is 3.02. The van der Waals surface area contributed by atoms with Crippen molar-refractivity contribution in [3.63, 3.8) is 0 Å². The van der Waals surface area contributed by atoms with E-state index in [1.54, 1.807) is 37.4 Å². The molecular formula is C15H16ClNO4S. The predicted octanol–water partition coefficient (Wildman–Crippen LogP) is 2.84. The van der Waals surface area contributed by atoms with Gasteiger partial charge in [0.15, 0.2) is 11.5 Å². The first-order chi connectivity index (χ1) is 10.5. The van der Waals surface area contributed by atoms with E-state index in [0.717, 1.165) is 5.56 Å². The first-order valence-corrected chi connectivity index (χ1v) is 8.28. The lowest BCUT2D eigenvalue weighted by molar-refractivity contribution is 0.354. The summed E-state index contributed by atoms with van der Waals surface area (Å²) in [4.78, 5) is 0.125. The van der Waals surface area contributed by atoms with Crippen molar-refractivity contribution in [1.82, 2.24) is 4.72 Å². The van der Waals surface area contributed by atoms with Gasteiger partial charge in [0.2, 0.25) is 10.0 Å². The van der Waals surface area contributed by atoms with E-state index in [2.05, 4.69) is 4.72 Å². The zero-order valence-corrected chi connectivity index (χ0v) is 13.7. The number of hydrogen-bond acceptors (Lipinski definition) is 4. The maximum Gasteiger partial charge on any atom is 0.240 e. The molecule has 118 valence electrons. The molecule has 0 saturated carbocycles. The minimum atomic E-state index is -3.62. The summed E-state index contributed by atoms with van der Waals surface area (Å²) >= 11 is 5.82. The quantitative estimate of drug-likeness (QED) is 0.877. The Labute approximate surface area is 134 Å². The number of sulfonamides is 1. The van der Waals surface area contributed by atoms with Crippen LogP contribution >= 0.6 is 11.6 Å². The molecule has 1 N–H and O–H groups in total. The standard InChI is InChI=1S/C15H16ClNO4S/c1-20-14-7-6-11(8-15(14)21-2)10-17-22(18,19)13-5-3-4-12(16)9-13/h3-9,17H,10H2,1-2H3. The van der Waals surface area contributed by atoms with Gasteiger partial charge in [0.05, 0.1) is 19.1 Å². The molecule has 0 radical (unpaired) electrons. The lowest BCUT2D eigenvalue weighted by Crippen LogP contribution is -2.23. The van der Waals surface area contributed by atoms with Gasteiger partial charge in [-0.1, -0.05) is 23.7 Å². The number of ether oxygens (including phenoxy) is 2. The lowest BCUT2D eigenvalue weighted by atomic mass is 10.2. The van der Waals surface area contributed by atoms with Crippen LogP contribution in [0.2, 0.25) is 5.02 Å². The molecule has 0 bridgehead atoms. The monoisotopic (exact) mass is 341 g/mol. The Morgan fingerprint density at radius 1 is 1.05 bits per heavy atom. The van der Waals surface area contributed by atoms with E-state index in [0.29, 0.717) is 16.5 Å². The largest absolute Gasteiger partial charge is 0.493 e. The normalized spacial score (nSPS) is 11.2. The van der Waals surface area contributed by atoms with E-state index in [4.69, 9.17) is 21.1 Å². The summed E-state index contributed by atoms with van der Waals surface area (Å²) in [6.07, 6.45) is 0. The molecule has 0 fully saturated rings. The Hall–Kier alpha value is -1.76. The van der Waals surface area contributed by atoms with Crippen molar-refractivity contribution in [3.8, 4) is 11.5 Å². The fourth-order valence-electron chi connectivity index (χ4n) is 1.89. The van der Waals surface area contributed by atoms with Gasteiger partial charge in [-0.2, -0.15) is 0 Å². The van der Waals surface area contributed by atoms with Crippen molar-refractivity contribution in [2.45, 2.75) is 11.4 Å². The summed E-state index contributed by atoms with van der Waals surface area (Å²) in [7, 11) is -0.556.